The average Bonchev–Trinajstić information content (AvgIpc) is 2.84. The van der Waals surface area contributed by atoms with Crippen LogP contribution in [0.15, 0.2) is 54.6 Å². The zero-order valence-corrected chi connectivity index (χ0v) is 14.6. The summed E-state index contributed by atoms with van der Waals surface area (Å²) < 4.78 is 5.53. The minimum Gasteiger partial charge on any atom is -0.496 e. The summed E-state index contributed by atoms with van der Waals surface area (Å²) >= 11 is 0. The number of ketones is 1. The average molecular weight is 337 g/mol. The number of nitrogens with zero attached hydrogens (tertiary/aromatic N) is 1. The maximum atomic E-state index is 12.9. The molecule has 0 unspecified atom stereocenters. The van der Waals surface area contributed by atoms with Crippen molar-refractivity contribution in [3.8, 4) is 5.75 Å². The minimum absolute atomic E-state index is 0.0463. The van der Waals surface area contributed by atoms with Crippen LogP contribution in [0.5, 0.6) is 5.75 Å². The molecule has 0 amide bonds. The number of carbonyl (C=O) groups excluding carboxylic acids is 1. The fourth-order valence-corrected chi connectivity index (χ4v) is 4.52. The Kier molecular flexibility index (Phi) is 3.80. The first kappa shape index (κ1) is 16.2. The predicted octanol–water partition coefficient (Wildman–Crippen LogP) is 3.01. The van der Waals surface area contributed by atoms with E-state index < -0.39 is 5.60 Å². The van der Waals surface area contributed by atoms with Crippen molar-refractivity contribution >= 4 is 11.5 Å². The number of anilines is 1. The third-order valence-corrected chi connectivity index (χ3v) is 5.98. The van der Waals surface area contributed by atoms with Crippen LogP contribution in [-0.4, -0.2) is 36.2 Å². The summed E-state index contributed by atoms with van der Waals surface area (Å²) in [5, 5.41) is 11.3. The number of carbonyl (C=O) groups is 1. The lowest BCUT2D eigenvalue weighted by molar-refractivity contribution is -0.142. The van der Waals surface area contributed by atoms with Crippen LogP contribution in [0.3, 0.4) is 0 Å². The summed E-state index contributed by atoms with van der Waals surface area (Å²) in [6, 6.07) is 17.5. The first-order valence-corrected chi connectivity index (χ1v) is 8.77. The topological polar surface area (TPSA) is 49.8 Å². The second-order valence-corrected chi connectivity index (χ2v) is 7.14. The minimum atomic E-state index is -1.32. The predicted molar refractivity (Wildman–Crippen MR) is 97.0 cm³/mol. The van der Waals surface area contributed by atoms with Gasteiger partial charge in [-0.1, -0.05) is 43.3 Å². The van der Waals surface area contributed by atoms with E-state index in [1.54, 1.807) is 7.11 Å². The van der Waals surface area contributed by atoms with E-state index in [0.717, 1.165) is 17.0 Å². The van der Waals surface area contributed by atoms with Crippen LogP contribution >= 0.6 is 0 Å². The molecule has 4 rings (SSSR count). The molecule has 130 valence electrons. The number of rotatable bonds is 3. The van der Waals surface area contributed by atoms with Gasteiger partial charge in [-0.2, -0.15) is 0 Å². The third kappa shape index (κ3) is 2.35. The molecule has 1 saturated carbocycles. The van der Waals surface area contributed by atoms with E-state index in [4.69, 9.17) is 4.74 Å². The van der Waals surface area contributed by atoms with Gasteiger partial charge in [0.2, 0.25) is 0 Å². The number of fused-ring (bicyclic) bond motifs is 2. The Morgan fingerprint density at radius 3 is 2.52 bits per heavy atom. The Hall–Kier alpha value is -2.33. The maximum absolute atomic E-state index is 12.9. The van der Waals surface area contributed by atoms with Crippen LogP contribution in [-0.2, 0) is 4.79 Å². The Balaban J connectivity index is 1.75. The van der Waals surface area contributed by atoms with Gasteiger partial charge in [0.1, 0.15) is 11.4 Å². The lowest BCUT2D eigenvalue weighted by atomic mass is 9.67. The highest BCUT2D eigenvalue weighted by molar-refractivity contribution is 5.99. The zero-order chi connectivity index (χ0) is 17.6. The molecule has 1 aliphatic carbocycles. The normalized spacial score (nSPS) is 31.2. The molecule has 0 spiro atoms. The van der Waals surface area contributed by atoms with Crippen molar-refractivity contribution in [1.29, 1.82) is 0 Å². The van der Waals surface area contributed by atoms with Gasteiger partial charge in [0.25, 0.3) is 0 Å². The first-order chi connectivity index (χ1) is 12.1. The van der Waals surface area contributed by atoms with Gasteiger partial charge in [-0.15, -0.1) is 0 Å². The maximum Gasteiger partial charge on any atom is 0.188 e. The van der Waals surface area contributed by atoms with Gasteiger partial charge in [0, 0.05) is 11.6 Å². The molecule has 2 aliphatic rings. The molecular weight excluding hydrogens is 314 g/mol. The number of para-hydroxylation sites is 2. The molecule has 2 bridgehead atoms. The van der Waals surface area contributed by atoms with Gasteiger partial charge in [-0.3, -0.25) is 4.79 Å². The standard InChI is InChI=1S/C21H23NO3/c1-14-17(16-10-6-7-11-19(16)25-2)12-18-20(23)21(14,24)13-22(18)15-8-4-3-5-9-15/h3-11,14,17-18,24H,12-13H2,1-2H3/t14-,17-,18+,21+/m1/s1. The monoisotopic (exact) mass is 337 g/mol. The highest BCUT2D eigenvalue weighted by Crippen LogP contribution is 2.50. The molecule has 4 atom stereocenters. The molecule has 0 radical (unpaired) electrons. The van der Waals surface area contributed by atoms with Crippen LogP contribution in [0, 0.1) is 5.92 Å². The van der Waals surface area contributed by atoms with Gasteiger partial charge in [0.15, 0.2) is 5.78 Å². The largest absolute Gasteiger partial charge is 0.496 e. The van der Waals surface area contributed by atoms with Crippen molar-refractivity contribution in [3.63, 3.8) is 0 Å². The van der Waals surface area contributed by atoms with Crippen LogP contribution in [0.2, 0.25) is 0 Å². The summed E-state index contributed by atoms with van der Waals surface area (Å²) in [5.41, 5.74) is 0.748. The molecule has 1 N–H and O–H groups in total. The SMILES string of the molecule is COc1ccccc1[C@@H]1C[C@H]2C(=O)[C@](O)(CN2c2ccccc2)[C@@H]1C. The van der Waals surface area contributed by atoms with Crippen molar-refractivity contribution < 1.29 is 14.6 Å². The van der Waals surface area contributed by atoms with Gasteiger partial charge in [-0.25, -0.2) is 0 Å². The summed E-state index contributed by atoms with van der Waals surface area (Å²) in [6.45, 7) is 2.34. The molecule has 4 nitrogen and oxygen atoms in total. The fraction of sp³-hybridized carbons (Fsp3) is 0.381. The Labute approximate surface area is 148 Å². The summed E-state index contributed by atoms with van der Waals surface area (Å²) in [6.07, 6.45) is 0.692. The molecule has 2 aromatic carbocycles. The molecule has 25 heavy (non-hydrogen) atoms. The van der Waals surface area contributed by atoms with Gasteiger partial charge < -0.3 is 14.7 Å². The number of β-amino-alcohol motifs (C(OH)–C–C–N with tert-alkyl or cyclic N) is 1. The number of hydrogen-bond acceptors (Lipinski definition) is 4. The van der Waals surface area contributed by atoms with Crippen LogP contribution < -0.4 is 9.64 Å². The van der Waals surface area contributed by atoms with Crippen LogP contribution in [0.4, 0.5) is 5.69 Å². The number of ether oxygens (including phenoxy) is 1. The molecule has 1 heterocycles. The number of benzene rings is 2. The lowest BCUT2D eigenvalue weighted by Gasteiger charge is -2.38. The van der Waals surface area contributed by atoms with E-state index in [1.165, 1.54) is 0 Å². The first-order valence-electron chi connectivity index (χ1n) is 8.77. The lowest BCUT2D eigenvalue weighted by Crippen LogP contribution is -2.51. The highest BCUT2D eigenvalue weighted by Gasteiger charge is 2.60. The van der Waals surface area contributed by atoms with Crippen molar-refractivity contribution in [1.82, 2.24) is 0 Å². The zero-order valence-electron chi connectivity index (χ0n) is 14.6. The van der Waals surface area contributed by atoms with Crippen molar-refractivity contribution in [3.05, 3.63) is 60.2 Å². The smallest absolute Gasteiger partial charge is 0.188 e. The molecule has 4 heteroatoms. The molecule has 1 aliphatic heterocycles. The van der Waals surface area contributed by atoms with Crippen LogP contribution in [0.1, 0.15) is 24.8 Å². The third-order valence-electron chi connectivity index (χ3n) is 5.98. The number of aliphatic hydroxyl groups is 1. The molecule has 2 aromatic rings. The second-order valence-electron chi connectivity index (χ2n) is 7.14. The number of Topliss-reactive ketones (excluding diaryl/α,β-unsaturated/α-hetero) is 1. The summed E-state index contributed by atoms with van der Waals surface area (Å²) in [7, 11) is 1.66. The Morgan fingerprint density at radius 2 is 1.80 bits per heavy atom. The van der Waals surface area contributed by atoms with E-state index in [0.29, 0.717) is 13.0 Å². The highest BCUT2D eigenvalue weighted by atomic mass is 16.5. The van der Waals surface area contributed by atoms with Gasteiger partial charge >= 0.3 is 0 Å². The van der Waals surface area contributed by atoms with Crippen LogP contribution in [0.25, 0.3) is 0 Å². The van der Waals surface area contributed by atoms with Crippen molar-refractivity contribution in [2.45, 2.75) is 30.9 Å². The van der Waals surface area contributed by atoms with Crippen molar-refractivity contribution in [2.24, 2.45) is 5.92 Å². The Bertz CT molecular complexity index is 791. The van der Waals surface area contributed by atoms with Crippen molar-refractivity contribution in [2.75, 3.05) is 18.6 Å². The van der Waals surface area contributed by atoms with E-state index in [9.17, 15) is 9.90 Å². The van der Waals surface area contributed by atoms with Gasteiger partial charge in [0.05, 0.1) is 19.7 Å². The number of methoxy groups -OCH3 is 1. The summed E-state index contributed by atoms with van der Waals surface area (Å²) in [5.74, 6) is 0.691. The van der Waals surface area contributed by atoms with E-state index >= 15 is 0 Å². The molecule has 1 saturated heterocycles. The molecule has 0 aromatic heterocycles. The van der Waals surface area contributed by atoms with E-state index in [1.807, 2.05) is 61.5 Å². The fourth-order valence-electron chi connectivity index (χ4n) is 4.52. The Morgan fingerprint density at radius 1 is 1.12 bits per heavy atom. The molecular formula is C21H23NO3. The van der Waals surface area contributed by atoms with Gasteiger partial charge in [-0.05, 0) is 36.1 Å². The quantitative estimate of drug-likeness (QED) is 0.935. The summed E-state index contributed by atoms with van der Waals surface area (Å²) in [4.78, 5) is 15.0. The molecule has 2 fully saturated rings. The van der Waals surface area contributed by atoms with E-state index in [-0.39, 0.29) is 23.7 Å². The second kappa shape index (κ2) is 5.88. The van der Waals surface area contributed by atoms with E-state index in [2.05, 4.69) is 4.90 Å². The number of hydrogen-bond donors (Lipinski definition) is 1.